The predicted molar refractivity (Wildman–Crippen MR) is 70.3 cm³/mol. The van der Waals surface area contributed by atoms with Crippen molar-refractivity contribution in [2.45, 2.75) is 31.6 Å². The first-order valence-electron chi connectivity index (χ1n) is 6.25. The van der Waals surface area contributed by atoms with Gasteiger partial charge in [0.05, 0.1) is 12.4 Å². The second-order valence-electron chi connectivity index (χ2n) is 4.86. The van der Waals surface area contributed by atoms with Crippen LogP contribution >= 0.6 is 0 Å². The molecule has 18 heavy (non-hydrogen) atoms. The fourth-order valence-electron chi connectivity index (χ4n) is 1.84. The van der Waals surface area contributed by atoms with Crippen LogP contribution in [0, 0.1) is 5.92 Å². The molecule has 0 aromatic heterocycles. The van der Waals surface area contributed by atoms with E-state index in [2.05, 4.69) is 4.72 Å². The molecule has 1 aliphatic carbocycles. The van der Waals surface area contributed by atoms with Crippen LogP contribution in [0.2, 0.25) is 0 Å². The summed E-state index contributed by atoms with van der Waals surface area (Å²) in [6, 6.07) is 6.97. The Kier molecular flexibility index (Phi) is 4.37. The van der Waals surface area contributed by atoms with Crippen molar-refractivity contribution in [1.82, 2.24) is 4.72 Å². The van der Waals surface area contributed by atoms with Crippen LogP contribution in [0.4, 0.5) is 0 Å². The van der Waals surface area contributed by atoms with Crippen molar-refractivity contribution in [1.29, 1.82) is 0 Å². The standard InChI is InChI=1S/C13H19NO3S/c15-9-12-3-5-13(6-4-12)10-18(16,17)14-8-7-11-1-2-11/h3-6,11,14-15H,1-2,7-10H2. The monoisotopic (exact) mass is 269 g/mol. The van der Waals surface area contributed by atoms with E-state index < -0.39 is 10.0 Å². The van der Waals surface area contributed by atoms with E-state index in [1.165, 1.54) is 12.8 Å². The van der Waals surface area contributed by atoms with E-state index in [9.17, 15) is 8.42 Å². The second-order valence-corrected chi connectivity index (χ2v) is 6.67. The van der Waals surface area contributed by atoms with Crippen molar-refractivity contribution in [3.63, 3.8) is 0 Å². The van der Waals surface area contributed by atoms with Crippen LogP contribution in [0.15, 0.2) is 24.3 Å². The third-order valence-corrected chi connectivity index (χ3v) is 4.49. The Morgan fingerprint density at radius 1 is 1.17 bits per heavy atom. The van der Waals surface area contributed by atoms with Crippen LogP contribution in [-0.2, 0) is 22.4 Å². The Hall–Kier alpha value is -0.910. The maximum atomic E-state index is 11.8. The van der Waals surface area contributed by atoms with Gasteiger partial charge in [-0.05, 0) is 23.5 Å². The second kappa shape index (κ2) is 5.82. The van der Waals surface area contributed by atoms with Crippen molar-refractivity contribution >= 4 is 10.0 Å². The van der Waals surface area contributed by atoms with Gasteiger partial charge < -0.3 is 5.11 Å². The molecule has 1 aromatic rings. The molecule has 5 heteroatoms. The molecule has 0 aliphatic heterocycles. The highest BCUT2D eigenvalue weighted by atomic mass is 32.2. The summed E-state index contributed by atoms with van der Waals surface area (Å²) in [6.45, 7) is 0.522. The Bertz CT molecular complexity index is 477. The molecule has 2 N–H and O–H groups in total. The van der Waals surface area contributed by atoms with E-state index in [-0.39, 0.29) is 12.4 Å². The van der Waals surface area contributed by atoms with Gasteiger partial charge in [-0.3, -0.25) is 0 Å². The third kappa shape index (κ3) is 4.40. The number of hydrogen-bond donors (Lipinski definition) is 2. The van der Waals surface area contributed by atoms with Crippen molar-refractivity contribution in [3.05, 3.63) is 35.4 Å². The van der Waals surface area contributed by atoms with Gasteiger partial charge in [-0.1, -0.05) is 37.1 Å². The van der Waals surface area contributed by atoms with E-state index in [1.807, 2.05) is 0 Å². The average molecular weight is 269 g/mol. The molecule has 0 saturated heterocycles. The highest BCUT2D eigenvalue weighted by Gasteiger charge is 2.21. The molecule has 4 nitrogen and oxygen atoms in total. The number of aliphatic hydroxyl groups excluding tert-OH is 1. The normalized spacial score (nSPS) is 15.8. The molecule has 0 heterocycles. The molecular formula is C13H19NO3S. The lowest BCUT2D eigenvalue weighted by Crippen LogP contribution is -2.26. The van der Waals surface area contributed by atoms with Crippen LogP contribution in [-0.4, -0.2) is 20.1 Å². The molecule has 1 saturated carbocycles. The topological polar surface area (TPSA) is 66.4 Å². The summed E-state index contributed by atoms with van der Waals surface area (Å²) in [4.78, 5) is 0. The molecule has 0 bridgehead atoms. The minimum atomic E-state index is -3.23. The van der Waals surface area contributed by atoms with Crippen molar-refractivity contribution in [3.8, 4) is 0 Å². The fourth-order valence-corrected chi connectivity index (χ4v) is 3.00. The zero-order valence-electron chi connectivity index (χ0n) is 10.3. The van der Waals surface area contributed by atoms with Gasteiger partial charge >= 0.3 is 0 Å². The Labute approximate surface area is 108 Å². The number of rotatable bonds is 7. The molecule has 0 amide bonds. The SMILES string of the molecule is O=S(=O)(Cc1ccc(CO)cc1)NCCC1CC1. The van der Waals surface area contributed by atoms with E-state index in [4.69, 9.17) is 5.11 Å². The molecule has 1 fully saturated rings. The van der Waals surface area contributed by atoms with Gasteiger partial charge in [0.25, 0.3) is 0 Å². The zero-order valence-corrected chi connectivity index (χ0v) is 11.1. The molecule has 1 aliphatic rings. The van der Waals surface area contributed by atoms with E-state index in [0.717, 1.165) is 23.5 Å². The Morgan fingerprint density at radius 2 is 1.78 bits per heavy atom. The molecule has 0 atom stereocenters. The minimum absolute atomic E-state index is 0.00335. The number of sulfonamides is 1. The Balaban J connectivity index is 1.84. The molecule has 0 spiro atoms. The maximum Gasteiger partial charge on any atom is 0.215 e. The molecule has 100 valence electrons. The van der Waals surface area contributed by atoms with Crippen LogP contribution in [0.5, 0.6) is 0 Å². The smallest absolute Gasteiger partial charge is 0.215 e. The van der Waals surface area contributed by atoms with Gasteiger partial charge in [-0.15, -0.1) is 0 Å². The summed E-state index contributed by atoms with van der Waals surface area (Å²) in [6.07, 6.45) is 3.43. The Morgan fingerprint density at radius 3 is 2.33 bits per heavy atom. The minimum Gasteiger partial charge on any atom is -0.392 e. The van der Waals surface area contributed by atoms with Crippen LogP contribution < -0.4 is 4.72 Å². The lowest BCUT2D eigenvalue weighted by molar-refractivity contribution is 0.282. The van der Waals surface area contributed by atoms with Crippen LogP contribution in [0.1, 0.15) is 30.4 Å². The highest BCUT2D eigenvalue weighted by Crippen LogP contribution is 2.31. The first-order chi connectivity index (χ1) is 8.59. The zero-order chi connectivity index (χ0) is 13.0. The lowest BCUT2D eigenvalue weighted by atomic mass is 10.2. The van der Waals surface area contributed by atoms with Gasteiger partial charge in [0, 0.05) is 6.54 Å². The molecule has 1 aromatic carbocycles. The van der Waals surface area contributed by atoms with Crippen LogP contribution in [0.3, 0.4) is 0 Å². The van der Waals surface area contributed by atoms with E-state index in [0.29, 0.717) is 6.54 Å². The maximum absolute atomic E-state index is 11.8. The van der Waals surface area contributed by atoms with Gasteiger partial charge in [-0.2, -0.15) is 0 Å². The van der Waals surface area contributed by atoms with E-state index >= 15 is 0 Å². The van der Waals surface area contributed by atoms with E-state index in [1.54, 1.807) is 24.3 Å². The number of hydrogen-bond acceptors (Lipinski definition) is 3. The summed E-state index contributed by atoms with van der Waals surface area (Å²) < 4.78 is 26.2. The summed E-state index contributed by atoms with van der Waals surface area (Å²) >= 11 is 0. The van der Waals surface area contributed by atoms with Crippen molar-refractivity contribution in [2.75, 3.05) is 6.54 Å². The quantitative estimate of drug-likeness (QED) is 0.786. The largest absolute Gasteiger partial charge is 0.392 e. The number of aliphatic hydroxyl groups is 1. The molecular weight excluding hydrogens is 250 g/mol. The third-order valence-electron chi connectivity index (χ3n) is 3.13. The van der Waals surface area contributed by atoms with Gasteiger partial charge in [0.15, 0.2) is 0 Å². The fraction of sp³-hybridized carbons (Fsp3) is 0.538. The van der Waals surface area contributed by atoms with Crippen LogP contribution in [0.25, 0.3) is 0 Å². The molecule has 0 radical (unpaired) electrons. The number of benzene rings is 1. The first kappa shape index (κ1) is 13.5. The highest BCUT2D eigenvalue weighted by molar-refractivity contribution is 7.88. The van der Waals surface area contributed by atoms with Gasteiger partial charge in [0.2, 0.25) is 10.0 Å². The van der Waals surface area contributed by atoms with Crippen molar-refractivity contribution < 1.29 is 13.5 Å². The van der Waals surface area contributed by atoms with Gasteiger partial charge in [-0.25, -0.2) is 13.1 Å². The summed E-state index contributed by atoms with van der Waals surface area (Å²) in [5.74, 6) is 0.736. The summed E-state index contributed by atoms with van der Waals surface area (Å²) in [5, 5.41) is 8.90. The number of nitrogens with one attached hydrogen (secondary N) is 1. The first-order valence-corrected chi connectivity index (χ1v) is 7.90. The summed E-state index contributed by atoms with van der Waals surface area (Å²) in [5.41, 5.74) is 1.53. The van der Waals surface area contributed by atoms with Gasteiger partial charge in [0.1, 0.15) is 0 Å². The predicted octanol–water partition coefficient (Wildman–Crippen LogP) is 1.40. The lowest BCUT2D eigenvalue weighted by Gasteiger charge is -2.07. The van der Waals surface area contributed by atoms with Crippen molar-refractivity contribution in [2.24, 2.45) is 5.92 Å². The molecule has 2 rings (SSSR count). The average Bonchev–Trinajstić information content (AvgIpc) is 3.13. The summed E-state index contributed by atoms with van der Waals surface area (Å²) in [7, 11) is -3.23. The molecule has 0 unspecified atom stereocenters.